The van der Waals surface area contributed by atoms with Gasteiger partial charge in [-0.15, -0.1) is 0 Å². The van der Waals surface area contributed by atoms with Crippen molar-refractivity contribution in [1.82, 2.24) is 0 Å². The fourth-order valence-electron chi connectivity index (χ4n) is 1.70. The molecule has 0 bridgehead atoms. The van der Waals surface area contributed by atoms with Gasteiger partial charge in [0.15, 0.2) is 0 Å². The molecular weight excluding hydrogens is 219 g/mol. The first-order valence-electron chi connectivity index (χ1n) is 5.77. The van der Waals surface area contributed by atoms with Crippen molar-refractivity contribution in [2.24, 2.45) is 5.41 Å². The molecule has 4 heteroatoms. The molecule has 0 saturated carbocycles. The number of benzene rings is 1. The zero-order valence-corrected chi connectivity index (χ0v) is 10.6. The summed E-state index contributed by atoms with van der Waals surface area (Å²) in [6, 6.07) is 4.37. The molecule has 0 heterocycles. The van der Waals surface area contributed by atoms with Gasteiger partial charge in [-0.25, -0.2) is 4.39 Å². The van der Waals surface area contributed by atoms with Crippen molar-refractivity contribution in [2.45, 2.75) is 33.2 Å². The summed E-state index contributed by atoms with van der Waals surface area (Å²) in [5.74, 6) is -0.345. The van der Waals surface area contributed by atoms with E-state index in [1.165, 1.54) is 12.1 Å². The average Bonchev–Trinajstić information content (AvgIpc) is 2.19. The topological polar surface area (TPSA) is 58.3 Å². The highest BCUT2D eigenvalue weighted by Gasteiger charge is 2.24. The van der Waals surface area contributed by atoms with Crippen molar-refractivity contribution in [1.29, 1.82) is 0 Å². The third-order valence-corrected chi connectivity index (χ3v) is 2.81. The Balaban J connectivity index is 2.86. The zero-order valence-electron chi connectivity index (χ0n) is 10.6. The van der Waals surface area contributed by atoms with Crippen LogP contribution in [0.5, 0.6) is 0 Å². The van der Waals surface area contributed by atoms with Crippen molar-refractivity contribution < 1.29 is 9.50 Å². The first kappa shape index (κ1) is 13.8. The Hall–Kier alpha value is -1.29. The third kappa shape index (κ3) is 3.89. The number of aliphatic hydroxyl groups is 1. The SMILES string of the molecule is CC(C)(C)C(CCO)Nc1ccc(F)cc1N. The van der Waals surface area contributed by atoms with Crippen LogP contribution in [0.3, 0.4) is 0 Å². The second kappa shape index (κ2) is 5.36. The number of anilines is 2. The minimum absolute atomic E-state index is 0.0104. The van der Waals surface area contributed by atoms with E-state index in [2.05, 4.69) is 26.1 Å². The molecule has 1 unspecified atom stereocenters. The quantitative estimate of drug-likeness (QED) is 0.709. The largest absolute Gasteiger partial charge is 0.397 e. The summed E-state index contributed by atoms with van der Waals surface area (Å²) in [6.07, 6.45) is 0.625. The zero-order chi connectivity index (χ0) is 13.1. The Bertz CT molecular complexity index is 374. The van der Waals surface area contributed by atoms with Gasteiger partial charge in [0.1, 0.15) is 5.82 Å². The van der Waals surface area contributed by atoms with Crippen LogP contribution in [0.15, 0.2) is 18.2 Å². The summed E-state index contributed by atoms with van der Waals surface area (Å²) in [5, 5.41) is 12.3. The van der Waals surface area contributed by atoms with Crippen molar-refractivity contribution in [3.8, 4) is 0 Å². The monoisotopic (exact) mass is 240 g/mol. The van der Waals surface area contributed by atoms with E-state index >= 15 is 0 Å². The Morgan fingerprint density at radius 1 is 1.41 bits per heavy atom. The summed E-state index contributed by atoms with van der Waals surface area (Å²) in [4.78, 5) is 0. The molecule has 0 saturated heterocycles. The normalized spacial score (nSPS) is 13.5. The van der Waals surface area contributed by atoms with Gasteiger partial charge in [0, 0.05) is 12.6 Å². The highest BCUT2D eigenvalue weighted by atomic mass is 19.1. The van der Waals surface area contributed by atoms with Crippen LogP contribution in [-0.2, 0) is 0 Å². The molecule has 0 amide bonds. The molecule has 0 aliphatic heterocycles. The second-order valence-corrected chi connectivity index (χ2v) is 5.31. The van der Waals surface area contributed by atoms with Gasteiger partial charge in [-0.1, -0.05) is 20.8 Å². The Labute approximate surface area is 102 Å². The van der Waals surface area contributed by atoms with Crippen molar-refractivity contribution in [3.05, 3.63) is 24.0 Å². The molecule has 0 fully saturated rings. The fourth-order valence-corrected chi connectivity index (χ4v) is 1.70. The lowest BCUT2D eigenvalue weighted by Gasteiger charge is -2.32. The lowest BCUT2D eigenvalue weighted by molar-refractivity contribution is 0.235. The number of nitrogen functional groups attached to an aromatic ring is 1. The van der Waals surface area contributed by atoms with Crippen LogP contribution in [0.25, 0.3) is 0 Å². The van der Waals surface area contributed by atoms with Crippen LogP contribution in [-0.4, -0.2) is 17.8 Å². The van der Waals surface area contributed by atoms with Crippen LogP contribution < -0.4 is 11.1 Å². The van der Waals surface area contributed by atoms with Gasteiger partial charge < -0.3 is 16.2 Å². The number of aliphatic hydroxyl groups excluding tert-OH is 1. The lowest BCUT2D eigenvalue weighted by atomic mass is 9.84. The van der Waals surface area contributed by atoms with E-state index in [0.717, 1.165) is 0 Å². The smallest absolute Gasteiger partial charge is 0.125 e. The summed E-state index contributed by atoms with van der Waals surface area (Å²) in [5.41, 5.74) is 6.83. The van der Waals surface area contributed by atoms with E-state index < -0.39 is 0 Å². The highest BCUT2D eigenvalue weighted by Crippen LogP contribution is 2.28. The summed E-state index contributed by atoms with van der Waals surface area (Å²) in [7, 11) is 0. The van der Waals surface area contributed by atoms with E-state index in [1.807, 2.05) is 0 Å². The standard InChI is InChI=1S/C13H21FN2O/c1-13(2,3)12(6-7-17)16-11-5-4-9(14)8-10(11)15/h4-5,8,12,16-17H,6-7,15H2,1-3H3. The van der Waals surface area contributed by atoms with E-state index in [0.29, 0.717) is 17.8 Å². The molecular formula is C13H21FN2O. The predicted octanol–water partition coefficient (Wildman–Crippen LogP) is 2.62. The number of hydrogen-bond donors (Lipinski definition) is 3. The van der Waals surface area contributed by atoms with Gasteiger partial charge in [-0.05, 0) is 30.0 Å². The second-order valence-electron chi connectivity index (χ2n) is 5.31. The van der Waals surface area contributed by atoms with Gasteiger partial charge in [0.25, 0.3) is 0 Å². The minimum atomic E-state index is -0.345. The van der Waals surface area contributed by atoms with E-state index in [-0.39, 0.29) is 23.9 Å². The highest BCUT2D eigenvalue weighted by molar-refractivity contribution is 5.66. The number of halogens is 1. The average molecular weight is 240 g/mol. The first-order valence-corrected chi connectivity index (χ1v) is 5.77. The Morgan fingerprint density at radius 2 is 2.06 bits per heavy atom. The summed E-state index contributed by atoms with van der Waals surface area (Å²) < 4.78 is 12.9. The first-order chi connectivity index (χ1) is 7.84. The minimum Gasteiger partial charge on any atom is -0.397 e. The number of nitrogens with two attached hydrogens (primary N) is 1. The molecule has 0 aromatic heterocycles. The number of hydrogen-bond acceptors (Lipinski definition) is 3. The molecule has 96 valence electrons. The van der Waals surface area contributed by atoms with Gasteiger partial charge >= 0.3 is 0 Å². The molecule has 4 N–H and O–H groups in total. The molecule has 1 rings (SSSR count). The van der Waals surface area contributed by atoms with Crippen LogP contribution >= 0.6 is 0 Å². The van der Waals surface area contributed by atoms with Crippen molar-refractivity contribution in [2.75, 3.05) is 17.7 Å². The van der Waals surface area contributed by atoms with E-state index in [4.69, 9.17) is 10.8 Å². The predicted molar refractivity (Wildman–Crippen MR) is 69.4 cm³/mol. The molecule has 1 aromatic carbocycles. The van der Waals surface area contributed by atoms with Crippen molar-refractivity contribution >= 4 is 11.4 Å². The molecule has 17 heavy (non-hydrogen) atoms. The third-order valence-electron chi connectivity index (χ3n) is 2.81. The van der Waals surface area contributed by atoms with Crippen molar-refractivity contribution in [3.63, 3.8) is 0 Å². The van der Waals surface area contributed by atoms with E-state index in [9.17, 15) is 4.39 Å². The maximum Gasteiger partial charge on any atom is 0.125 e. The molecule has 0 radical (unpaired) electrons. The fraction of sp³-hybridized carbons (Fsp3) is 0.538. The van der Waals surface area contributed by atoms with Crippen LogP contribution in [0.2, 0.25) is 0 Å². The van der Waals surface area contributed by atoms with Crippen LogP contribution in [0, 0.1) is 11.2 Å². The lowest BCUT2D eigenvalue weighted by Crippen LogP contribution is -2.35. The maximum absolute atomic E-state index is 12.9. The van der Waals surface area contributed by atoms with Crippen LogP contribution in [0.1, 0.15) is 27.2 Å². The van der Waals surface area contributed by atoms with Gasteiger partial charge in [-0.3, -0.25) is 0 Å². The Morgan fingerprint density at radius 3 is 2.53 bits per heavy atom. The van der Waals surface area contributed by atoms with Gasteiger partial charge in [-0.2, -0.15) is 0 Å². The molecule has 0 aliphatic carbocycles. The number of nitrogens with one attached hydrogen (secondary N) is 1. The van der Waals surface area contributed by atoms with Gasteiger partial charge in [0.2, 0.25) is 0 Å². The molecule has 1 atom stereocenters. The molecule has 3 nitrogen and oxygen atoms in total. The van der Waals surface area contributed by atoms with Crippen LogP contribution in [0.4, 0.5) is 15.8 Å². The number of rotatable bonds is 4. The summed E-state index contributed by atoms with van der Waals surface area (Å²) in [6.45, 7) is 6.36. The molecule has 1 aromatic rings. The molecule has 0 aliphatic rings. The summed E-state index contributed by atoms with van der Waals surface area (Å²) >= 11 is 0. The Kier molecular flexibility index (Phi) is 4.34. The maximum atomic E-state index is 12.9. The van der Waals surface area contributed by atoms with Gasteiger partial charge in [0.05, 0.1) is 11.4 Å². The van der Waals surface area contributed by atoms with E-state index in [1.54, 1.807) is 6.07 Å². The molecule has 0 spiro atoms.